The van der Waals surface area contributed by atoms with E-state index in [-0.39, 0.29) is 5.91 Å². The molecule has 1 heterocycles. The molecule has 1 saturated carbocycles. The number of aromatic nitrogens is 2. The van der Waals surface area contributed by atoms with Crippen molar-refractivity contribution < 1.29 is 4.79 Å². The van der Waals surface area contributed by atoms with Gasteiger partial charge in [0.25, 0.3) is 5.91 Å². The number of carbonyl (C=O) groups excluding carboxylic acids is 1. The second-order valence-electron chi connectivity index (χ2n) is 4.10. The number of nitrogens with one attached hydrogen (secondary N) is 2. The maximum atomic E-state index is 11.7. The van der Waals surface area contributed by atoms with Gasteiger partial charge in [0.05, 0.1) is 17.5 Å². The zero-order valence-electron chi connectivity index (χ0n) is 8.50. The number of H-pyrrole nitrogens is 1. The molecule has 1 aromatic heterocycles. The van der Waals surface area contributed by atoms with Gasteiger partial charge in [-0.2, -0.15) is 5.10 Å². The van der Waals surface area contributed by atoms with Crippen LogP contribution in [0.1, 0.15) is 48.7 Å². The Balaban J connectivity index is 2.13. The number of nitrogens with zero attached hydrogens (tertiary/aromatic N) is 1. The minimum atomic E-state index is 0.00458. The number of rotatable bonds is 3. The highest BCUT2D eigenvalue weighted by Crippen LogP contribution is 2.21. The molecule has 4 nitrogen and oxygen atoms in total. The lowest BCUT2D eigenvalue weighted by molar-refractivity contribution is 0.0950. The van der Waals surface area contributed by atoms with Gasteiger partial charge < -0.3 is 5.32 Å². The molecule has 0 unspecified atom stereocenters. The summed E-state index contributed by atoms with van der Waals surface area (Å²) in [6.45, 7) is 4.09. The first-order valence-electron chi connectivity index (χ1n) is 5.02. The van der Waals surface area contributed by atoms with Gasteiger partial charge in [-0.15, -0.1) is 0 Å². The number of amides is 1. The van der Waals surface area contributed by atoms with Crippen LogP contribution in [0.3, 0.4) is 0 Å². The SMILES string of the molecule is CC(C)c1[nH]ncc1C(=O)NC1CC1. The Morgan fingerprint density at radius 3 is 2.93 bits per heavy atom. The molecular weight excluding hydrogens is 178 g/mol. The van der Waals surface area contributed by atoms with E-state index in [1.165, 1.54) is 0 Å². The fourth-order valence-electron chi connectivity index (χ4n) is 1.41. The topological polar surface area (TPSA) is 57.8 Å². The van der Waals surface area contributed by atoms with Gasteiger partial charge in [0.2, 0.25) is 0 Å². The van der Waals surface area contributed by atoms with Crippen LogP contribution < -0.4 is 5.32 Å². The summed E-state index contributed by atoms with van der Waals surface area (Å²) in [5, 5.41) is 9.73. The van der Waals surface area contributed by atoms with E-state index in [0.717, 1.165) is 18.5 Å². The molecule has 2 N–H and O–H groups in total. The quantitative estimate of drug-likeness (QED) is 0.762. The zero-order chi connectivity index (χ0) is 10.1. The molecule has 0 atom stereocenters. The molecule has 0 spiro atoms. The molecule has 1 amide bonds. The Morgan fingerprint density at radius 2 is 2.36 bits per heavy atom. The maximum absolute atomic E-state index is 11.7. The summed E-state index contributed by atoms with van der Waals surface area (Å²) in [4.78, 5) is 11.7. The van der Waals surface area contributed by atoms with Crippen LogP contribution in [0.15, 0.2) is 6.20 Å². The third kappa shape index (κ3) is 1.78. The third-order valence-corrected chi connectivity index (χ3v) is 2.40. The fourth-order valence-corrected chi connectivity index (χ4v) is 1.41. The van der Waals surface area contributed by atoms with Crippen molar-refractivity contribution in [3.05, 3.63) is 17.5 Å². The monoisotopic (exact) mass is 193 g/mol. The second kappa shape index (κ2) is 3.44. The fraction of sp³-hybridized carbons (Fsp3) is 0.600. The van der Waals surface area contributed by atoms with Crippen molar-refractivity contribution in [1.82, 2.24) is 15.5 Å². The molecule has 1 fully saturated rings. The van der Waals surface area contributed by atoms with E-state index >= 15 is 0 Å². The van der Waals surface area contributed by atoms with Crippen LogP contribution in [0, 0.1) is 0 Å². The van der Waals surface area contributed by atoms with Gasteiger partial charge in [-0.05, 0) is 18.8 Å². The number of hydrogen-bond donors (Lipinski definition) is 2. The van der Waals surface area contributed by atoms with Crippen LogP contribution in [0.2, 0.25) is 0 Å². The van der Waals surface area contributed by atoms with Gasteiger partial charge in [0.1, 0.15) is 0 Å². The summed E-state index contributed by atoms with van der Waals surface area (Å²) < 4.78 is 0. The lowest BCUT2D eigenvalue weighted by atomic mass is 10.1. The van der Waals surface area contributed by atoms with Gasteiger partial charge in [-0.25, -0.2) is 0 Å². The van der Waals surface area contributed by atoms with Crippen molar-refractivity contribution in [2.24, 2.45) is 0 Å². The van der Waals surface area contributed by atoms with E-state index in [4.69, 9.17) is 0 Å². The van der Waals surface area contributed by atoms with Gasteiger partial charge in [0.15, 0.2) is 0 Å². The van der Waals surface area contributed by atoms with E-state index in [0.29, 0.717) is 17.5 Å². The average Bonchev–Trinajstić information content (AvgIpc) is 2.81. The Labute approximate surface area is 83.1 Å². The normalized spacial score (nSPS) is 15.9. The molecular formula is C10H15N3O. The zero-order valence-corrected chi connectivity index (χ0v) is 8.50. The van der Waals surface area contributed by atoms with Crippen molar-refractivity contribution in [2.45, 2.75) is 38.6 Å². The lowest BCUT2D eigenvalue weighted by Crippen LogP contribution is -2.26. The Bertz CT molecular complexity index is 339. The first kappa shape index (κ1) is 9.24. The minimum Gasteiger partial charge on any atom is -0.349 e. The van der Waals surface area contributed by atoms with Gasteiger partial charge in [-0.1, -0.05) is 13.8 Å². The molecule has 1 aromatic rings. The van der Waals surface area contributed by atoms with Gasteiger partial charge >= 0.3 is 0 Å². The predicted molar refractivity (Wildman–Crippen MR) is 53.2 cm³/mol. The molecule has 76 valence electrons. The van der Waals surface area contributed by atoms with E-state index in [2.05, 4.69) is 15.5 Å². The lowest BCUT2D eigenvalue weighted by Gasteiger charge is -2.06. The second-order valence-corrected chi connectivity index (χ2v) is 4.10. The number of carbonyl (C=O) groups is 1. The van der Waals surface area contributed by atoms with E-state index in [1.54, 1.807) is 6.20 Å². The molecule has 0 aromatic carbocycles. The minimum absolute atomic E-state index is 0.00458. The number of aromatic amines is 1. The predicted octanol–water partition coefficient (Wildman–Crippen LogP) is 1.43. The summed E-state index contributed by atoms with van der Waals surface area (Å²) >= 11 is 0. The van der Waals surface area contributed by atoms with E-state index < -0.39 is 0 Å². The first-order valence-corrected chi connectivity index (χ1v) is 5.02. The van der Waals surface area contributed by atoms with Crippen LogP contribution >= 0.6 is 0 Å². The summed E-state index contributed by atoms with van der Waals surface area (Å²) in [5.74, 6) is 0.308. The summed E-state index contributed by atoms with van der Waals surface area (Å²) in [7, 11) is 0. The van der Waals surface area contributed by atoms with Crippen LogP contribution in [0.25, 0.3) is 0 Å². The van der Waals surface area contributed by atoms with E-state index in [9.17, 15) is 4.79 Å². The highest BCUT2D eigenvalue weighted by Gasteiger charge is 2.25. The van der Waals surface area contributed by atoms with E-state index in [1.807, 2.05) is 13.8 Å². The van der Waals surface area contributed by atoms with Crippen LogP contribution in [-0.4, -0.2) is 22.1 Å². The Hall–Kier alpha value is -1.32. The largest absolute Gasteiger partial charge is 0.349 e. The summed E-state index contributed by atoms with van der Waals surface area (Å²) in [6, 6.07) is 0.400. The van der Waals surface area contributed by atoms with Crippen molar-refractivity contribution in [3.63, 3.8) is 0 Å². The highest BCUT2D eigenvalue weighted by molar-refractivity contribution is 5.95. The standard InChI is InChI=1S/C10H15N3O/c1-6(2)9-8(5-11-13-9)10(14)12-7-3-4-7/h5-7H,3-4H2,1-2H3,(H,11,13)(H,12,14). The van der Waals surface area contributed by atoms with Crippen LogP contribution in [0.4, 0.5) is 0 Å². The smallest absolute Gasteiger partial charge is 0.254 e. The highest BCUT2D eigenvalue weighted by atomic mass is 16.1. The third-order valence-electron chi connectivity index (χ3n) is 2.40. The molecule has 1 aliphatic carbocycles. The summed E-state index contributed by atoms with van der Waals surface area (Å²) in [6.07, 6.45) is 3.83. The Morgan fingerprint density at radius 1 is 1.64 bits per heavy atom. The van der Waals surface area contributed by atoms with Crippen molar-refractivity contribution >= 4 is 5.91 Å². The molecule has 1 aliphatic rings. The van der Waals surface area contributed by atoms with Gasteiger partial charge in [-0.3, -0.25) is 9.89 Å². The van der Waals surface area contributed by atoms with Crippen molar-refractivity contribution in [3.8, 4) is 0 Å². The molecule has 0 saturated heterocycles. The molecule has 4 heteroatoms. The molecule has 2 rings (SSSR count). The summed E-state index contributed by atoms with van der Waals surface area (Å²) in [5.41, 5.74) is 1.61. The first-order chi connectivity index (χ1) is 6.68. The van der Waals surface area contributed by atoms with Gasteiger partial charge in [0, 0.05) is 6.04 Å². The van der Waals surface area contributed by atoms with Crippen molar-refractivity contribution in [1.29, 1.82) is 0 Å². The average molecular weight is 193 g/mol. The molecule has 0 aliphatic heterocycles. The maximum Gasteiger partial charge on any atom is 0.254 e. The Kier molecular flexibility index (Phi) is 2.27. The molecule has 0 radical (unpaired) electrons. The molecule has 14 heavy (non-hydrogen) atoms. The number of hydrogen-bond acceptors (Lipinski definition) is 2. The molecule has 0 bridgehead atoms. The van der Waals surface area contributed by atoms with Crippen LogP contribution in [-0.2, 0) is 0 Å². The van der Waals surface area contributed by atoms with Crippen molar-refractivity contribution in [2.75, 3.05) is 0 Å². The van der Waals surface area contributed by atoms with Crippen LogP contribution in [0.5, 0.6) is 0 Å².